The fourth-order valence-corrected chi connectivity index (χ4v) is 2.33. The first-order valence-corrected chi connectivity index (χ1v) is 7.18. The second-order valence-corrected chi connectivity index (χ2v) is 5.54. The average molecular weight is 242 g/mol. The lowest BCUT2D eigenvalue weighted by Crippen LogP contribution is -2.43. The third-order valence-electron chi connectivity index (χ3n) is 3.61. The molecule has 0 amide bonds. The van der Waals surface area contributed by atoms with Crippen molar-refractivity contribution >= 4 is 0 Å². The lowest BCUT2D eigenvalue weighted by molar-refractivity contribution is -0.105. The summed E-state index contributed by atoms with van der Waals surface area (Å²) in [5.41, 5.74) is 0.229. The van der Waals surface area contributed by atoms with Gasteiger partial charge in [-0.25, -0.2) is 0 Å². The Morgan fingerprint density at radius 2 is 2.00 bits per heavy atom. The SMILES string of the molecule is CCCNCCC1(OCCCN(C)C)CCC1. The third-order valence-corrected chi connectivity index (χ3v) is 3.61. The highest BCUT2D eigenvalue weighted by molar-refractivity contribution is 4.90. The van der Waals surface area contributed by atoms with Gasteiger partial charge in [0.1, 0.15) is 0 Å². The van der Waals surface area contributed by atoms with E-state index in [1.165, 1.54) is 32.1 Å². The number of nitrogens with zero attached hydrogens (tertiary/aromatic N) is 1. The molecule has 1 aliphatic rings. The minimum Gasteiger partial charge on any atom is -0.375 e. The molecular formula is C14H30N2O. The zero-order chi connectivity index (χ0) is 12.6. The highest BCUT2D eigenvalue weighted by Crippen LogP contribution is 2.38. The molecule has 1 rings (SSSR count). The largest absolute Gasteiger partial charge is 0.375 e. The van der Waals surface area contributed by atoms with E-state index in [1.807, 2.05) is 0 Å². The minimum absolute atomic E-state index is 0.229. The minimum atomic E-state index is 0.229. The van der Waals surface area contributed by atoms with Gasteiger partial charge in [0, 0.05) is 6.61 Å². The molecule has 3 nitrogen and oxygen atoms in total. The van der Waals surface area contributed by atoms with E-state index in [0.29, 0.717) is 0 Å². The molecule has 0 heterocycles. The standard InChI is InChI=1S/C14H30N2O/c1-4-10-15-11-9-14(7-5-8-14)17-13-6-12-16(2)3/h15H,4-13H2,1-3H3. The topological polar surface area (TPSA) is 24.5 Å². The molecule has 1 fully saturated rings. The summed E-state index contributed by atoms with van der Waals surface area (Å²) in [4.78, 5) is 2.22. The number of nitrogens with one attached hydrogen (secondary N) is 1. The van der Waals surface area contributed by atoms with Gasteiger partial charge in [0.25, 0.3) is 0 Å². The van der Waals surface area contributed by atoms with E-state index in [-0.39, 0.29) is 5.60 Å². The van der Waals surface area contributed by atoms with E-state index >= 15 is 0 Å². The molecule has 17 heavy (non-hydrogen) atoms. The van der Waals surface area contributed by atoms with E-state index in [1.54, 1.807) is 0 Å². The Bertz CT molecular complexity index is 191. The van der Waals surface area contributed by atoms with Crippen LogP contribution in [0.2, 0.25) is 0 Å². The van der Waals surface area contributed by atoms with Crippen LogP contribution in [0, 0.1) is 0 Å². The van der Waals surface area contributed by atoms with Crippen molar-refractivity contribution < 1.29 is 4.74 Å². The van der Waals surface area contributed by atoms with Crippen molar-refractivity contribution in [2.45, 2.75) is 51.0 Å². The Morgan fingerprint density at radius 1 is 1.24 bits per heavy atom. The van der Waals surface area contributed by atoms with Crippen molar-refractivity contribution in [3.05, 3.63) is 0 Å². The van der Waals surface area contributed by atoms with Crippen LogP contribution in [0.25, 0.3) is 0 Å². The maximum absolute atomic E-state index is 6.13. The maximum Gasteiger partial charge on any atom is 0.0694 e. The molecule has 102 valence electrons. The van der Waals surface area contributed by atoms with Gasteiger partial charge in [0.2, 0.25) is 0 Å². The Morgan fingerprint density at radius 3 is 2.53 bits per heavy atom. The van der Waals surface area contributed by atoms with Crippen LogP contribution in [0.5, 0.6) is 0 Å². The van der Waals surface area contributed by atoms with Crippen molar-refractivity contribution in [3.8, 4) is 0 Å². The Kier molecular flexibility index (Phi) is 7.09. The smallest absolute Gasteiger partial charge is 0.0694 e. The van der Waals surface area contributed by atoms with Crippen LogP contribution >= 0.6 is 0 Å². The lowest BCUT2D eigenvalue weighted by atomic mass is 9.77. The quantitative estimate of drug-likeness (QED) is 0.595. The van der Waals surface area contributed by atoms with E-state index in [4.69, 9.17) is 4.74 Å². The summed E-state index contributed by atoms with van der Waals surface area (Å²) in [5, 5.41) is 3.48. The Balaban J connectivity index is 2.08. The number of hydrogen-bond donors (Lipinski definition) is 1. The van der Waals surface area contributed by atoms with Crippen molar-refractivity contribution in [3.63, 3.8) is 0 Å². The summed E-state index contributed by atoms with van der Waals surface area (Å²) in [6, 6.07) is 0. The lowest BCUT2D eigenvalue weighted by Gasteiger charge is -2.42. The molecule has 1 aliphatic carbocycles. The molecule has 0 spiro atoms. The second-order valence-electron chi connectivity index (χ2n) is 5.54. The Hall–Kier alpha value is -0.120. The molecule has 3 heteroatoms. The first-order valence-electron chi connectivity index (χ1n) is 7.18. The van der Waals surface area contributed by atoms with Crippen molar-refractivity contribution in [1.82, 2.24) is 10.2 Å². The van der Waals surface area contributed by atoms with Crippen LogP contribution in [-0.4, -0.2) is 50.8 Å². The van der Waals surface area contributed by atoms with Gasteiger partial charge >= 0.3 is 0 Å². The summed E-state index contributed by atoms with van der Waals surface area (Å²) in [5.74, 6) is 0. The van der Waals surface area contributed by atoms with Gasteiger partial charge in [-0.05, 0) is 72.3 Å². The zero-order valence-electron chi connectivity index (χ0n) is 11.9. The van der Waals surface area contributed by atoms with Crippen LogP contribution in [0.15, 0.2) is 0 Å². The normalized spacial score (nSPS) is 18.4. The molecule has 0 saturated heterocycles. The molecule has 0 atom stereocenters. The van der Waals surface area contributed by atoms with Crippen LogP contribution < -0.4 is 5.32 Å². The van der Waals surface area contributed by atoms with Gasteiger partial charge < -0.3 is 15.0 Å². The highest BCUT2D eigenvalue weighted by atomic mass is 16.5. The van der Waals surface area contributed by atoms with E-state index < -0.39 is 0 Å². The predicted molar refractivity (Wildman–Crippen MR) is 73.5 cm³/mol. The predicted octanol–water partition coefficient (Wildman–Crippen LogP) is 2.27. The van der Waals surface area contributed by atoms with Crippen molar-refractivity contribution in [2.24, 2.45) is 0 Å². The summed E-state index contributed by atoms with van der Waals surface area (Å²) in [6.45, 7) is 6.51. The van der Waals surface area contributed by atoms with Crippen molar-refractivity contribution in [1.29, 1.82) is 0 Å². The fraction of sp³-hybridized carbons (Fsp3) is 1.00. The molecule has 0 aliphatic heterocycles. The molecule has 0 aromatic rings. The average Bonchev–Trinajstić information content (AvgIpc) is 2.24. The second kappa shape index (κ2) is 8.06. The van der Waals surface area contributed by atoms with E-state index in [0.717, 1.165) is 32.7 Å². The summed E-state index contributed by atoms with van der Waals surface area (Å²) in [7, 11) is 4.24. The van der Waals surface area contributed by atoms with Gasteiger partial charge in [-0.1, -0.05) is 6.92 Å². The van der Waals surface area contributed by atoms with Gasteiger partial charge in [0.15, 0.2) is 0 Å². The van der Waals surface area contributed by atoms with Gasteiger partial charge in [-0.15, -0.1) is 0 Å². The molecule has 0 aromatic heterocycles. The molecule has 0 aromatic carbocycles. The van der Waals surface area contributed by atoms with E-state index in [2.05, 4.69) is 31.2 Å². The van der Waals surface area contributed by atoms with Crippen LogP contribution in [-0.2, 0) is 4.74 Å². The monoisotopic (exact) mass is 242 g/mol. The van der Waals surface area contributed by atoms with Gasteiger partial charge in [-0.3, -0.25) is 0 Å². The maximum atomic E-state index is 6.13. The Labute approximate surface area is 107 Å². The van der Waals surface area contributed by atoms with E-state index in [9.17, 15) is 0 Å². The molecule has 0 bridgehead atoms. The first-order chi connectivity index (χ1) is 8.18. The fourth-order valence-electron chi connectivity index (χ4n) is 2.33. The molecule has 1 N–H and O–H groups in total. The van der Waals surface area contributed by atoms with Crippen molar-refractivity contribution in [2.75, 3.05) is 40.3 Å². The number of ether oxygens (including phenoxy) is 1. The third kappa shape index (κ3) is 5.84. The zero-order valence-corrected chi connectivity index (χ0v) is 11.9. The summed E-state index contributed by atoms with van der Waals surface area (Å²) >= 11 is 0. The number of hydrogen-bond acceptors (Lipinski definition) is 3. The van der Waals surface area contributed by atoms with Crippen LogP contribution in [0.1, 0.15) is 45.4 Å². The molecule has 1 saturated carbocycles. The highest BCUT2D eigenvalue weighted by Gasteiger charge is 2.37. The first kappa shape index (κ1) is 14.9. The molecule has 0 unspecified atom stereocenters. The van der Waals surface area contributed by atoms with Gasteiger partial charge in [-0.2, -0.15) is 0 Å². The molecular weight excluding hydrogens is 212 g/mol. The van der Waals surface area contributed by atoms with Gasteiger partial charge in [0.05, 0.1) is 5.60 Å². The summed E-state index contributed by atoms with van der Waals surface area (Å²) < 4.78 is 6.13. The number of rotatable bonds is 10. The van der Waals surface area contributed by atoms with Crippen LogP contribution in [0.4, 0.5) is 0 Å². The van der Waals surface area contributed by atoms with Crippen LogP contribution in [0.3, 0.4) is 0 Å². The summed E-state index contributed by atoms with van der Waals surface area (Å²) in [6.07, 6.45) is 7.44. The molecule has 0 radical (unpaired) electrons.